The lowest BCUT2D eigenvalue weighted by Crippen LogP contribution is -2.34. The van der Waals surface area contributed by atoms with E-state index >= 15 is 0 Å². The number of hydrogen-bond acceptors (Lipinski definition) is 4. The molecule has 1 atom stereocenters. The molecule has 2 rings (SSSR count). The number of hydrogen-bond donors (Lipinski definition) is 2. The lowest BCUT2D eigenvalue weighted by Gasteiger charge is -2.19. The van der Waals surface area contributed by atoms with Gasteiger partial charge in [0.2, 0.25) is 5.91 Å². The number of nitrogens with zero attached hydrogens (tertiary/aromatic N) is 1. The molecule has 7 heteroatoms. The number of carbonyl (C=O) groups excluding carboxylic acids is 1. The van der Waals surface area contributed by atoms with Gasteiger partial charge in [-0.25, -0.2) is 0 Å². The van der Waals surface area contributed by atoms with Crippen molar-refractivity contribution >= 4 is 36.4 Å². The van der Waals surface area contributed by atoms with Crippen molar-refractivity contribution in [1.29, 1.82) is 0 Å². The van der Waals surface area contributed by atoms with Crippen molar-refractivity contribution in [1.82, 2.24) is 5.32 Å². The Labute approximate surface area is 150 Å². The van der Waals surface area contributed by atoms with Gasteiger partial charge in [-0.05, 0) is 24.5 Å². The van der Waals surface area contributed by atoms with Crippen molar-refractivity contribution in [3.8, 4) is 0 Å². The van der Waals surface area contributed by atoms with Gasteiger partial charge in [0.1, 0.15) is 0 Å². The number of nitrogens with one attached hydrogen (secondary N) is 1. The van der Waals surface area contributed by atoms with Gasteiger partial charge in [-0.2, -0.15) is 0 Å². The molecule has 132 valence electrons. The van der Waals surface area contributed by atoms with Crippen LogP contribution in [0.4, 0.5) is 5.69 Å². The first-order valence-electron chi connectivity index (χ1n) is 7.57. The third-order valence-corrected chi connectivity index (χ3v) is 3.92. The number of benzene rings is 1. The number of halogens is 2. The van der Waals surface area contributed by atoms with Crippen LogP contribution in [-0.2, 0) is 16.0 Å². The largest absolute Gasteiger partial charge is 0.380 e. The summed E-state index contributed by atoms with van der Waals surface area (Å²) in [7, 11) is 1.58. The van der Waals surface area contributed by atoms with Crippen LogP contribution in [0.2, 0.25) is 0 Å². The number of methoxy groups -OCH3 is 1. The van der Waals surface area contributed by atoms with Gasteiger partial charge in [0.25, 0.3) is 0 Å². The van der Waals surface area contributed by atoms with Gasteiger partial charge >= 0.3 is 0 Å². The zero-order valence-corrected chi connectivity index (χ0v) is 15.1. The maximum Gasteiger partial charge on any atom is 0.222 e. The smallest absolute Gasteiger partial charge is 0.222 e. The van der Waals surface area contributed by atoms with E-state index in [2.05, 4.69) is 34.5 Å². The number of anilines is 1. The summed E-state index contributed by atoms with van der Waals surface area (Å²) >= 11 is 0. The van der Waals surface area contributed by atoms with Crippen molar-refractivity contribution in [2.75, 3.05) is 38.2 Å². The first-order chi connectivity index (χ1) is 10.2. The standard InChI is InChI=1S/C16H25N3O2.2ClH/c1-21-14(12-17)11-16(20)18-8-4-9-19-10-7-13-5-2-3-6-15(13)19;;/h2-3,5-6,14H,4,7-12,17H2,1H3,(H,18,20);2*1H. The minimum absolute atomic E-state index is 0. The van der Waals surface area contributed by atoms with Crippen LogP contribution in [0.15, 0.2) is 24.3 Å². The molecule has 1 aliphatic rings. The van der Waals surface area contributed by atoms with Gasteiger partial charge in [-0.1, -0.05) is 18.2 Å². The molecule has 0 saturated carbocycles. The predicted octanol–water partition coefficient (Wildman–Crippen LogP) is 1.76. The molecule has 1 aromatic carbocycles. The molecule has 0 aromatic heterocycles. The minimum Gasteiger partial charge on any atom is -0.380 e. The third-order valence-electron chi connectivity index (χ3n) is 3.92. The van der Waals surface area contributed by atoms with Crippen molar-refractivity contribution in [2.45, 2.75) is 25.4 Å². The molecular weight excluding hydrogens is 337 g/mol. The number of nitrogens with two attached hydrogens (primary N) is 1. The monoisotopic (exact) mass is 363 g/mol. The van der Waals surface area contributed by atoms with Crippen LogP contribution in [0.5, 0.6) is 0 Å². The van der Waals surface area contributed by atoms with E-state index in [-0.39, 0.29) is 36.8 Å². The molecule has 0 saturated heterocycles. The Morgan fingerprint density at radius 3 is 2.83 bits per heavy atom. The molecular formula is C16H27Cl2N3O2. The summed E-state index contributed by atoms with van der Waals surface area (Å²) in [4.78, 5) is 14.1. The first-order valence-corrected chi connectivity index (χ1v) is 7.57. The Morgan fingerprint density at radius 1 is 1.39 bits per heavy atom. The fourth-order valence-electron chi connectivity index (χ4n) is 2.68. The van der Waals surface area contributed by atoms with Crippen LogP contribution in [0, 0.1) is 0 Å². The topological polar surface area (TPSA) is 67.6 Å². The number of para-hydroxylation sites is 1. The highest BCUT2D eigenvalue weighted by Crippen LogP contribution is 2.27. The van der Waals surface area contributed by atoms with Crippen LogP contribution in [0.25, 0.3) is 0 Å². The van der Waals surface area contributed by atoms with Crippen LogP contribution in [-0.4, -0.2) is 45.3 Å². The average Bonchev–Trinajstić information content (AvgIpc) is 2.92. The number of carbonyl (C=O) groups is 1. The molecule has 0 aliphatic carbocycles. The summed E-state index contributed by atoms with van der Waals surface area (Å²) in [6.07, 6.45) is 2.21. The zero-order chi connectivity index (χ0) is 15.1. The van der Waals surface area contributed by atoms with E-state index in [9.17, 15) is 4.79 Å². The van der Waals surface area contributed by atoms with E-state index in [1.807, 2.05) is 0 Å². The number of amides is 1. The fraction of sp³-hybridized carbons (Fsp3) is 0.562. The highest BCUT2D eigenvalue weighted by atomic mass is 35.5. The molecule has 1 unspecified atom stereocenters. The minimum atomic E-state index is -0.185. The molecule has 23 heavy (non-hydrogen) atoms. The van der Waals surface area contributed by atoms with E-state index in [1.165, 1.54) is 11.3 Å². The van der Waals surface area contributed by atoms with Crippen molar-refractivity contribution in [3.05, 3.63) is 29.8 Å². The van der Waals surface area contributed by atoms with Crippen LogP contribution >= 0.6 is 24.8 Å². The normalized spacial score (nSPS) is 13.6. The number of fused-ring (bicyclic) bond motifs is 1. The Bertz CT molecular complexity index is 470. The Morgan fingerprint density at radius 2 is 2.13 bits per heavy atom. The molecule has 0 radical (unpaired) electrons. The van der Waals surface area contributed by atoms with E-state index in [0.717, 1.165) is 25.9 Å². The van der Waals surface area contributed by atoms with Crippen LogP contribution in [0.1, 0.15) is 18.4 Å². The summed E-state index contributed by atoms with van der Waals surface area (Å²) in [5.41, 5.74) is 8.27. The third kappa shape index (κ3) is 6.55. The van der Waals surface area contributed by atoms with Crippen LogP contribution in [0.3, 0.4) is 0 Å². The molecule has 1 aromatic rings. The van der Waals surface area contributed by atoms with Gasteiger partial charge in [-0.3, -0.25) is 4.79 Å². The lowest BCUT2D eigenvalue weighted by atomic mass is 10.2. The summed E-state index contributed by atoms with van der Waals surface area (Å²) < 4.78 is 5.10. The second kappa shape index (κ2) is 11.5. The summed E-state index contributed by atoms with van der Waals surface area (Å²) in [5, 5.41) is 2.93. The summed E-state index contributed by atoms with van der Waals surface area (Å²) in [5.74, 6) is 0.00845. The highest BCUT2D eigenvalue weighted by Gasteiger charge is 2.17. The molecule has 0 fully saturated rings. The molecule has 0 bridgehead atoms. The van der Waals surface area contributed by atoms with Crippen molar-refractivity contribution < 1.29 is 9.53 Å². The molecule has 1 amide bonds. The second-order valence-corrected chi connectivity index (χ2v) is 5.37. The summed E-state index contributed by atoms with van der Waals surface area (Å²) in [6.45, 7) is 3.11. The Balaban J connectivity index is 0.00000242. The molecule has 1 aliphatic heterocycles. The van der Waals surface area contributed by atoms with Gasteiger partial charge in [-0.15, -0.1) is 24.8 Å². The Kier molecular flexibility index (Phi) is 11.0. The summed E-state index contributed by atoms with van der Waals surface area (Å²) in [6, 6.07) is 8.53. The Hall–Kier alpha value is -1.01. The van der Waals surface area contributed by atoms with E-state index in [4.69, 9.17) is 10.5 Å². The average molecular weight is 364 g/mol. The van der Waals surface area contributed by atoms with Crippen LogP contribution < -0.4 is 16.0 Å². The van der Waals surface area contributed by atoms with E-state index < -0.39 is 0 Å². The van der Waals surface area contributed by atoms with E-state index in [1.54, 1.807) is 7.11 Å². The molecule has 1 heterocycles. The zero-order valence-electron chi connectivity index (χ0n) is 13.5. The van der Waals surface area contributed by atoms with Gasteiger partial charge in [0.05, 0.1) is 12.5 Å². The lowest BCUT2D eigenvalue weighted by molar-refractivity contribution is -0.123. The molecule has 3 N–H and O–H groups in total. The highest BCUT2D eigenvalue weighted by molar-refractivity contribution is 5.85. The van der Waals surface area contributed by atoms with E-state index in [0.29, 0.717) is 19.5 Å². The fourth-order valence-corrected chi connectivity index (χ4v) is 2.68. The SMILES string of the molecule is COC(CN)CC(=O)NCCCN1CCc2ccccc21.Cl.Cl. The van der Waals surface area contributed by atoms with Gasteiger partial charge in [0.15, 0.2) is 0 Å². The maximum absolute atomic E-state index is 11.7. The molecule has 5 nitrogen and oxygen atoms in total. The maximum atomic E-state index is 11.7. The second-order valence-electron chi connectivity index (χ2n) is 5.37. The van der Waals surface area contributed by atoms with Crippen molar-refractivity contribution in [2.24, 2.45) is 5.73 Å². The first kappa shape index (κ1) is 22.0. The molecule has 0 spiro atoms. The van der Waals surface area contributed by atoms with Gasteiger partial charge < -0.3 is 20.7 Å². The van der Waals surface area contributed by atoms with Gasteiger partial charge in [0, 0.05) is 39.0 Å². The number of rotatable bonds is 8. The predicted molar refractivity (Wildman–Crippen MR) is 99.0 cm³/mol. The quantitative estimate of drug-likeness (QED) is 0.690. The number of ether oxygens (including phenoxy) is 1. The van der Waals surface area contributed by atoms with Crippen molar-refractivity contribution in [3.63, 3.8) is 0 Å².